The maximum Gasteiger partial charge on any atom is 0.175 e. The van der Waals surface area contributed by atoms with Crippen LogP contribution < -0.4 is 0 Å². The first kappa shape index (κ1) is 14.6. The van der Waals surface area contributed by atoms with Gasteiger partial charge in [0.2, 0.25) is 0 Å². The van der Waals surface area contributed by atoms with E-state index in [1.807, 2.05) is 18.0 Å². The van der Waals surface area contributed by atoms with Gasteiger partial charge in [0.05, 0.1) is 12.2 Å². The Morgan fingerprint density at radius 1 is 1.24 bits per heavy atom. The predicted octanol–water partition coefficient (Wildman–Crippen LogP) is 3.67. The molecule has 0 amide bonds. The SMILES string of the molecule is C[Si](C)(C)n1cc(C2=NC(Cc3ccccc3)CS2)cn1. The van der Waals surface area contributed by atoms with Crippen molar-refractivity contribution < 1.29 is 0 Å². The molecule has 2 aromatic rings. The van der Waals surface area contributed by atoms with Gasteiger partial charge in [-0.3, -0.25) is 4.99 Å². The topological polar surface area (TPSA) is 30.2 Å². The van der Waals surface area contributed by atoms with E-state index in [1.54, 1.807) is 0 Å². The molecule has 0 fully saturated rings. The maximum absolute atomic E-state index is 4.89. The van der Waals surface area contributed by atoms with Gasteiger partial charge in [-0.1, -0.05) is 30.3 Å². The van der Waals surface area contributed by atoms with Gasteiger partial charge in [-0.05, 0) is 31.6 Å². The predicted molar refractivity (Wildman–Crippen MR) is 93.9 cm³/mol. The third kappa shape index (κ3) is 3.47. The van der Waals surface area contributed by atoms with Crippen LogP contribution in [0.4, 0.5) is 0 Å². The zero-order valence-corrected chi connectivity index (χ0v) is 14.6. The van der Waals surface area contributed by atoms with Gasteiger partial charge in [-0.25, -0.2) is 0 Å². The highest BCUT2D eigenvalue weighted by atomic mass is 32.2. The highest BCUT2D eigenvalue weighted by Gasteiger charge is 2.23. The van der Waals surface area contributed by atoms with E-state index in [4.69, 9.17) is 4.99 Å². The summed E-state index contributed by atoms with van der Waals surface area (Å²) >= 11 is 1.86. The first-order chi connectivity index (χ1) is 10.0. The van der Waals surface area contributed by atoms with E-state index in [1.165, 1.54) is 11.1 Å². The van der Waals surface area contributed by atoms with Crippen molar-refractivity contribution >= 4 is 25.0 Å². The number of benzene rings is 1. The Kier molecular flexibility index (Phi) is 4.04. The van der Waals surface area contributed by atoms with Gasteiger partial charge >= 0.3 is 0 Å². The molecule has 0 radical (unpaired) electrons. The molecule has 3 nitrogen and oxygen atoms in total. The summed E-state index contributed by atoms with van der Waals surface area (Å²) in [5.74, 6) is 1.07. The van der Waals surface area contributed by atoms with Crippen LogP contribution in [0.2, 0.25) is 19.6 Å². The third-order valence-electron chi connectivity index (χ3n) is 3.54. The molecule has 1 aliphatic rings. The minimum Gasteiger partial charge on any atom is -0.301 e. The molecule has 1 aromatic carbocycles. The third-order valence-corrected chi connectivity index (χ3v) is 6.33. The molecule has 0 saturated carbocycles. The molecule has 1 aromatic heterocycles. The molecule has 0 N–H and O–H groups in total. The number of aromatic nitrogens is 2. The van der Waals surface area contributed by atoms with Crippen molar-refractivity contribution in [2.24, 2.45) is 4.99 Å². The van der Waals surface area contributed by atoms with Crippen molar-refractivity contribution in [3.63, 3.8) is 0 Å². The number of aliphatic imine (C=N–C) groups is 1. The number of hydrogen-bond acceptors (Lipinski definition) is 3. The summed E-state index contributed by atoms with van der Waals surface area (Å²) in [5, 5.41) is 5.68. The molecule has 3 rings (SSSR count). The summed E-state index contributed by atoms with van der Waals surface area (Å²) in [6.45, 7) is 6.89. The van der Waals surface area contributed by atoms with Crippen molar-refractivity contribution in [1.82, 2.24) is 9.45 Å². The van der Waals surface area contributed by atoms with Crippen LogP contribution in [0.25, 0.3) is 0 Å². The van der Waals surface area contributed by atoms with Gasteiger partial charge in [-0.2, -0.15) is 5.10 Å². The van der Waals surface area contributed by atoms with Crippen molar-refractivity contribution in [2.75, 3.05) is 5.75 Å². The van der Waals surface area contributed by atoms with E-state index in [2.05, 4.69) is 65.6 Å². The summed E-state index contributed by atoms with van der Waals surface area (Å²) in [6.07, 6.45) is 5.16. The van der Waals surface area contributed by atoms with Crippen LogP contribution in [0.3, 0.4) is 0 Å². The number of thioether (sulfide) groups is 1. The van der Waals surface area contributed by atoms with E-state index in [9.17, 15) is 0 Å². The summed E-state index contributed by atoms with van der Waals surface area (Å²) < 4.78 is 2.15. The van der Waals surface area contributed by atoms with Crippen LogP contribution in [0.15, 0.2) is 47.7 Å². The molecule has 2 heterocycles. The van der Waals surface area contributed by atoms with Crippen LogP contribution in [0.5, 0.6) is 0 Å². The highest BCUT2D eigenvalue weighted by Crippen LogP contribution is 2.25. The number of hydrogen-bond donors (Lipinski definition) is 0. The van der Waals surface area contributed by atoms with Gasteiger partial charge in [0.1, 0.15) is 5.04 Å². The molecule has 1 atom stereocenters. The summed E-state index contributed by atoms with van der Waals surface area (Å²) in [6, 6.07) is 11.0. The van der Waals surface area contributed by atoms with Crippen LogP contribution in [0, 0.1) is 0 Å². The van der Waals surface area contributed by atoms with Crippen LogP contribution in [-0.2, 0) is 6.42 Å². The molecule has 110 valence electrons. The van der Waals surface area contributed by atoms with Crippen molar-refractivity contribution in [1.29, 1.82) is 0 Å². The maximum atomic E-state index is 4.89. The lowest BCUT2D eigenvalue weighted by Crippen LogP contribution is -2.32. The first-order valence-corrected chi connectivity index (χ1v) is 11.8. The molecule has 1 unspecified atom stereocenters. The minimum atomic E-state index is -1.40. The fraction of sp³-hybridized carbons (Fsp3) is 0.375. The second kappa shape index (κ2) is 5.81. The van der Waals surface area contributed by atoms with Gasteiger partial charge in [0.25, 0.3) is 0 Å². The summed E-state index contributed by atoms with van der Waals surface area (Å²) in [4.78, 5) is 4.89. The first-order valence-electron chi connectivity index (χ1n) is 7.32. The zero-order valence-electron chi connectivity index (χ0n) is 12.8. The fourth-order valence-corrected chi connectivity index (χ4v) is 4.33. The molecule has 21 heavy (non-hydrogen) atoms. The van der Waals surface area contributed by atoms with Crippen LogP contribution in [0.1, 0.15) is 11.1 Å². The Morgan fingerprint density at radius 2 is 2.00 bits per heavy atom. The van der Waals surface area contributed by atoms with Crippen LogP contribution >= 0.6 is 11.8 Å². The standard InChI is InChI=1S/C16H21N3SSi/c1-21(2,3)19-11-14(10-17-19)16-18-15(12-20-16)9-13-7-5-4-6-8-13/h4-8,10-11,15H,9,12H2,1-3H3. The van der Waals surface area contributed by atoms with Gasteiger partial charge in [0, 0.05) is 17.5 Å². The van der Waals surface area contributed by atoms with E-state index >= 15 is 0 Å². The van der Waals surface area contributed by atoms with E-state index in [0.717, 1.165) is 17.2 Å². The lowest BCUT2D eigenvalue weighted by molar-refractivity contribution is 0.763. The fourth-order valence-electron chi connectivity index (χ4n) is 2.36. The largest absolute Gasteiger partial charge is 0.301 e. The smallest absolute Gasteiger partial charge is 0.175 e. The molecular formula is C16H21N3SSi. The zero-order chi connectivity index (χ0) is 14.9. The Balaban J connectivity index is 1.72. The molecule has 0 bridgehead atoms. The second-order valence-electron chi connectivity index (χ2n) is 6.43. The van der Waals surface area contributed by atoms with Crippen LogP contribution in [-0.4, -0.2) is 34.5 Å². The van der Waals surface area contributed by atoms with E-state index in [0.29, 0.717) is 6.04 Å². The molecule has 0 saturated heterocycles. The lowest BCUT2D eigenvalue weighted by atomic mass is 10.1. The second-order valence-corrected chi connectivity index (χ2v) is 12.2. The molecule has 0 spiro atoms. The molecular weight excluding hydrogens is 294 g/mol. The molecule has 1 aliphatic heterocycles. The van der Waals surface area contributed by atoms with Gasteiger partial charge in [0.15, 0.2) is 8.24 Å². The minimum absolute atomic E-state index is 0.391. The van der Waals surface area contributed by atoms with E-state index in [-0.39, 0.29) is 0 Å². The summed E-state index contributed by atoms with van der Waals surface area (Å²) in [5.41, 5.74) is 2.55. The van der Waals surface area contributed by atoms with Gasteiger partial charge < -0.3 is 4.35 Å². The van der Waals surface area contributed by atoms with E-state index < -0.39 is 8.24 Å². The average Bonchev–Trinajstić information content (AvgIpc) is 3.07. The summed E-state index contributed by atoms with van der Waals surface area (Å²) in [7, 11) is -1.40. The average molecular weight is 316 g/mol. The van der Waals surface area contributed by atoms with Crippen molar-refractivity contribution in [3.8, 4) is 0 Å². The number of rotatable bonds is 4. The highest BCUT2D eigenvalue weighted by molar-refractivity contribution is 8.14. The van der Waals surface area contributed by atoms with Crippen molar-refractivity contribution in [3.05, 3.63) is 53.9 Å². The molecule has 5 heteroatoms. The number of nitrogens with zero attached hydrogens (tertiary/aromatic N) is 3. The van der Waals surface area contributed by atoms with Gasteiger partial charge in [-0.15, -0.1) is 11.8 Å². The Hall–Kier alpha value is -1.33. The van der Waals surface area contributed by atoms with Crippen molar-refractivity contribution in [2.45, 2.75) is 32.1 Å². The quantitative estimate of drug-likeness (QED) is 0.806. The Labute approximate surface area is 131 Å². The normalized spacial score (nSPS) is 18.8. The molecule has 0 aliphatic carbocycles. The lowest BCUT2D eigenvalue weighted by Gasteiger charge is -2.15. The Bertz CT molecular complexity index is 643. The monoisotopic (exact) mass is 315 g/mol. The Morgan fingerprint density at radius 3 is 2.67 bits per heavy atom.